The second kappa shape index (κ2) is 4.08. The maximum atomic E-state index is 12.5. The number of hydrogen-bond acceptors (Lipinski definition) is 4. The van der Waals surface area contributed by atoms with Crippen LogP contribution in [0, 0.1) is 6.92 Å². The summed E-state index contributed by atoms with van der Waals surface area (Å²) in [5, 5.41) is 0. The summed E-state index contributed by atoms with van der Waals surface area (Å²) in [6.07, 6.45) is 1.63. The molecule has 6 nitrogen and oxygen atoms in total. The molecule has 0 aliphatic rings. The van der Waals surface area contributed by atoms with E-state index in [2.05, 4.69) is 9.97 Å². The quantitative estimate of drug-likeness (QED) is 0.696. The highest BCUT2D eigenvalue weighted by Gasteiger charge is 2.14. The standard InChI is InChI=1S/C13H14N4O2/c1-4-16-9-5-6-10(19-3)15-12(9)17-7-14-8(2)11(17)13(16)18/h5-7H,4H2,1-3H3. The summed E-state index contributed by atoms with van der Waals surface area (Å²) in [4.78, 5) is 21.1. The minimum Gasteiger partial charge on any atom is -0.481 e. The van der Waals surface area contributed by atoms with E-state index in [1.165, 1.54) is 0 Å². The fraction of sp³-hybridized carbons (Fsp3) is 0.308. The molecule has 3 rings (SSSR count). The van der Waals surface area contributed by atoms with Gasteiger partial charge in [0.2, 0.25) is 5.88 Å². The lowest BCUT2D eigenvalue weighted by atomic mass is 10.3. The van der Waals surface area contributed by atoms with Crippen molar-refractivity contribution in [3.05, 3.63) is 34.5 Å². The molecule has 0 bridgehead atoms. The first-order valence-corrected chi connectivity index (χ1v) is 6.08. The van der Waals surface area contributed by atoms with E-state index in [0.717, 1.165) is 5.52 Å². The molecule has 0 fully saturated rings. The average molecular weight is 258 g/mol. The van der Waals surface area contributed by atoms with Gasteiger partial charge in [-0.1, -0.05) is 0 Å². The van der Waals surface area contributed by atoms with E-state index in [1.807, 2.05) is 19.9 Å². The lowest BCUT2D eigenvalue weighted by Crippen LogP contribution is -2.22. The molecule has 0 aromatic carbocycles. The molecule has 0 spiro atoms. The number of imidazole rings is 1. The molecule has 0 amide bonds. The van der Waals surface area contributed by atoms with E-state index in [9.17, 15) is 4.79 Å². The second-order valence-electron chi connectivity index (χ2n) is 4.29. The van der Waals surface area contributed by atoms with E-state index < -0.39 is 0 Å². The molecular weight excluding hydrogens is 244 g/mol. The molecule has 3 aromatic rings. The van der Waals surface area contributed by atoms with Gasteiger partial charge in [0.25, 0.3) is 5.56 Å². The smallest absolute Gasteiger partial charge is 0.277 e. The van der Waals surface area contributed by atoms with Crippen molar-refractivity contribution in [2.24, 2.45) is 0 Å². The molecule has 0 aliphatic heterocycles. The van der Waals surface area contributed by atoms with E-state index in [0.29, 0.717) is 29.3 Å². The van der Waals surface area contributed by atoms with Gasteiger partial charge in [-0.3, -0.25) is 9.20 Å². The summed E-state index contributed by atoms with van der Waals surface area (Å²) >= 11 is 0. The molecule has 0 unspecified atom stereocenters. The fourth-order valence-corrected chi connectivity index (χ4v) is 2.33. The minimum absolute atomic E-state index is 0.0445. The number of nitrogens with zero attached hydrogens (tertiary/aromatic N) is 4. The maximum Gasteiger partial charge on any atom is 0.277 e. The molecular formula is C13H14N4O2. The zero-order valence-electron chi connectivity index (χ0n) is 11.0. The topological polar surface area (TPSA) is 61.4 Å². The van der Waals surface area contributed by atoms with Crippen LogP contribution in [0.25, 0.3) is 16.7 Å². The SMILES string of the molecule is CCn1c(=O)c2c(C)ncn2c2nc(OC)ccc21. The Kier molecular flexibility index (Phi) is 2.51. The maximum absolute atomic E-state index is 12.5. The zero-order chi connectivity index (χ0) is 13.6. The molecule has 98 valence electrons. The highest BCUT2D eigenvalue weighted by Crippen LogP contribution is 2.17. The zero-order valence-corrected chi connectivity index (χ0v) is 11.0. The molecule has 0 saturated heterocycles. The van der Waals surface area contributed by atoms with Crippen LogP contribution in [0.15, 0.2) is 23.3 Å². The molecule has 6 heteroatoms. The van der Waals surface area contributed by atoms with Crippen molar-refractivity contribution in [3.8, 4) is 5.88 Å². The second-order valence-corrected chi connectivity index (χ2v) is 4.29. The average Bonchev–Trinajstić information content (AvgIpc) is 2.82. The third kappa shape index (κ3) is 1.53. The number of ether oxygens (including phenoxy) is 1. The normalized spacial score (nSPS) is 11.3. The summed E-state index contributed by atoms with van der Waals surface area (Å²) in [5.74, 6) is 0.515. The van der Waals surface area contributed by atoms with Crippen LogP contribution in [-0.4, -0.2) is 26.0 Å². The lowest BCUT2D eigenvalue weighted by Gasteiger charge is -2.10. The molecule has 3 heterocycles. The van der Waals surface area contributed by atoms with Crippen molar-refractivity contribution in [2.45, 2.75) is 20.4 Å². The molecule has 0 saturated carbocycles. The highest BCUT2D eigenvalue weighted by molar-refractivity contribution is 5.76. The third-order valence-corrected chi connectivity index (χ3v) is 3.27. The molecule has 0 atom stereocenters. The third-order valence-electron chi connectivity index (χ3n) is 3.27. The summed E-state index contributed by atoms with van der Waals surface area (Å²) in [5.41, 5.74) is 2.68. The van der Waals surface area contributed by atoms with Gasteiger partial charge in [0.15, 0.2) is 5.65 Å². The Labute approximate surface area is 109 Å². The summed E-state index contributed by atoms with van der Waals surface area (Å²) in [6, 6.07) is 3.60. The van der Waals surface area contributed by atoms with Crippen molar-refractivity contribution in [3.63, 3.8) is 0 Å². The number of rotatable bonds is 2. The van der Waals surface area contributed by atoms with Gasteiger partial charge in [-0.25, -0.2) is 4.98 Å². The summed E-state index contributed by atoms with van der Waals surface area (Å²) in [6.45, 7) is 4.35. The predicted octanol–water partition coefficient (Wildman–Crippen LogP) is 1.38. The van der Waals surface area contributed by atoms with Crippen LogP contribution in [0.3, 0.4) is 0 Å². The Bertz CT molecular complexity index is 832. The largest absolute Gasteiger partial charge is 0.481 e. The fourth-order valence-electron chi connectivity index (χ4n) is 2.33. The van der Waals surface area contributed by atoms with Gasteiger partial charge in [0.1, 0.15) is 11.8 Å². The number of fused-ring (bicyclic) bond motifs is 3. The van der Waals surface area contributed by atoms with E-state index in [4.69, 9.17) is 4.74 Å². The van der Waals surface area contributed by atoms with Crippen LogP contribution in [-0.2, 0) is 6.54 Å². The highest BCUT2D eigenvalue weighted by atomic mass is 16.5. The number of pyridine rings is 1. The van der Waals surface area contributed by atoms with Crippen molar-refractivity contribution in [1.29, 1.82) is 0 Å². The van der Waals surface area contributed by atoms with Crippen LogP contribution in [0.5, 0.6) is 5.88 Å². The van der Waals surface area contributed by atoms with E-state index >= 15 is 0 Å². The predicted molar refractivity (Wildman–Crippen MR) is 71.7 cm³/mol. The molecule has 0 aliphatic carbocycles. The number of hydrogen-bond donors (Lipinski definition) is 0. The Morgan fingerprint density at radius 1 is 1.37 bits per heavy atom. The Hall–Kier alpha value is -2.37. The van der Waals surface area contributed by atoms with Crippen molar-refractivity contribution in [1.82, 2.24) is 18.9 Å². The van der Waals surface area contributed by atoms with Crippen LogP contribution in [0.2, 0.25) is 0 Å². The number of aromatic nitrogens is 4. The first-order valence-electron chi connectivity index (χ1n) is 6.08. The van der Waals surface area contributed by atoms with E-state index in [1.54, 1.807) is 28.5 Å². The minimum atomic E-state index is -0.0445. The first kappa shape index (κ1) is 11.7. The van der Waals surface area contributed by atoms with Crippen LogP contribution >= 0.6 is 0 Å². The van der Waals surface area contributed by atoms with E-state index in [-0.39, 0.29) is 5.56 Å². The molecule has 19 heavy (non-hydrogen) atoms. The Morgan fingerprint density at radius 2 is 2.16 bits per heavy atom. The summed E-state index contributed by atoms with van der Waals surface area (Å²) < 4.78 is 8.57. The van der Waals surface area contributed by atoms with Gasteiger partial charge in [-0.05, 0) is 19.9 Å². The molecule has 3 aromatic heterocycles. The van der Waals surface area contributed by atoms with Gasteiger partial charge < -0.3 is 9.30 Å². The van der Waals surface area contributed by atoms with Crippen molar-refractivity contribution in [2.75, 3.05) is 7.11 Å². The van der Waals surface area contributed by atoms with Gasteiger partial charge >= 0.3 is 0 Å². The van der Waals surface area contributed by atoms with Gasteiger partial charge in [-0.2, -0.15) is 4.98 Å². The number of aryl methyl sites for hydroxylation is 2. The summed E-state index contributed by atoms with van der Waals surface area (Å²) in [7, 11) is 1.57. The van der Waals surface area contributed by atoms with Crippen LogP contribution < -0.4 is 10.3 Å². The monoisotopic (exact) mass is 258 g/mol. The van der Waals surface area contributed by atoms with Gasteiger partial charge in [0, 0.05) is 12.6 Å². The Morgan fingerprint density at radius 3 is 2.84 bits per heavy atom. The van der Waals surface area contributed by atoms with Gasteiger partial charge in [-0.15, -0.1) is 0 Å². The Balaban J connectivity index is 2.60. The lowest BCUT2D eigenvalue weighted by molar-refractivity contribution is 0.399. The molecule has 0 radical (unpaired) electrons. The van der Waals surface area contributed by atoms with Crippen LogP contribution in [0.4, 0.5) is 0 Å². The van der Waals surface area contributed by atoms with Gasteiger partial charge in [0.05, 0.1) is 18.3 Å². The number of methoxy groups -OCH3 is 1. The first-order chi connectivity index (χ1) is 9.17. The van der Waals surface area contributed by atoms with Crippen molar-refractivity contribution < 1.29 is 4.74 Å². The van der Waals surface area contributed by atoms with Crippen molar-refractivity contribution >= 4 is 16.7 Å². The molecule has 0 N–H and O–H groups in total. The van der Waals surface area contributed by atoms with Crippen LogP contribution in [0.1, 0.15) is 12.6 Å².